The van der Waals surface area contributed by atoms with Crippen LogP contribution in [0.15, 0.2) is 0 Å². The van der Waals surface area contributed by atoms with Gasteiger partial charge in [0, 0.05) is 10.4 Å². The minimum absolute atomic E-state index is 0.0984. The highest BCUT2D eigenvalue weighted by molar-refractivity contribution is 9.09. The predicted octanol–water partition coefficient (Wildman–Crippen LogP) is 1.13. The third-order valence-corrected chi connectivity index (χ3v) is 4.26. The first-order chi connectivity index (χ1) is 7.10. The van der Waals surface area contributed by atoms with Gasteiger partial charge in [-0.15, -0.1) is 0 Å². The van der Waals surface area contributed by atoms with Crippen molar-refractivity contribution in [2.75, 3.05) is 6.61 Å². The fraction of sp³-hybridized carbons (Fsp3) is 0.875. The van der Waals surface area contributed by atoms with E-state index in [4.69, 9.17) is 0 Å². The minimum Gasteiger partial charge on any atom is -0.449 e. The number of carbonyl (C=O) groups excluding carboxylic acids is 1. The van der Waals surface area contributed by atoms with Crippen molar-refractivity contribution in [2.24, 2.45) is 0 Å². The van der Waals surface area contributed by atoms with E-state index in [0.29, 0.717) is 0 Å². The Morgan fingerprint density at radius 3 is 2.38 bits per heavy atom. The molecule has 0 bridgehead atoms. The van der Waals surface area contributed by atoms with Crippen LogP contribution in [0.2, 0.25) is 0 Å². The summed E-state index contributed by atoms with van der Waals surface area (Å²) in [5, 5.41) is 0. The van der Waals surface area contributed by atoms with Crippen LogP contribution in [0.4, 0.5) is 4.79 Å². The molecule has 0 aliphatic carbocycles. The van der Waals surface area contributed by atoms with Crippen molar-refractivity contribution in [3.05, 3.63) is 0 Å². The molecule has 0 saturated carbocycles. The number of ether oxygens (including phenoxy) is 1. The molecule has 0 heterocycles. The van der Waals surface area contributed by atoms with Crippen molar-refractivity contribution in [1.82, 2.24) is 9.44 Å². The summed E-state index contributed by atoms with van der Waals surface area (Å²) in [4.78, 5) is 10.9. The summed E-state index contributed by atoms with van der Waals surface area (Å²) in [6.07, 6.45) is -0.993. The molecule has 6 nitrogen and oxygen atoms in total. The molecule has 0 aromatic carbocycles. The van der Waals surface area contributed by atoms with E-state index in [1.54, 1.807) is 32.4 Å². The normalized spacial score (nSPS) is 14.3. The van der Waals surface area contributed by atoms with Crippen molar-refractivity contribution in [1.29, 1.82) is 0 Å². The van der Waals surface area contributed by atoms with Gasteiger partial charge in [-0.2, -0.15) is 13.1 Å². The number of halogens is 1. The average molecular weight is 317 g/mol. The van der Waals surface area contributed by atoms with Crippen molar-refractivity contribution < 1.29 is 17.9 Å². The molecule has 16 heavy (non-hydrogen) atoms. The quantitative estimate of drug-likeness (QED) is 0.745. The fourth-order valence-corrected chi connectivity index (χ4v) is 2.19. The monoisotopic (exact) mass is 316 g/mol. The third kappa shape index (κ3) is 5.66. The summed E-state index contributed by atoms with van der Waals surface area (Å²) >= 11 is 3.27. The Hall–Kier alpha value is -0.340. The van der Waals surface area contributed by atoms with E-state index in [0.717, 1.165) is 0 Å². The van der Waals surface area contributed by atoms with Crippen LogP contribution in [0.5, 0.6) is 0 Å². The summed E-state index contributed by atoms with van der Waals surface area (Å²) in [6.45, 7) is 6.88. The smallest absolute Gasteiger partial charge is 0.421 e. The molecular weight excluding hydrogens is 300 g/mol. The maximum Gasteiger partial charge on any atom is 0.421 e. The van der Waals surface area contributed by atoms with E-state index >= 15 is 0 Å². The Bertz CT molecular complexity index is 340. The molecule has 8 heteroatoms. The van der Waals surface area contributed by atoms with Crippen molar-refractivity contribution in [3.63, 3.8) is 0 Å². The summed E-state index contributed by atoms with van der Waals surface area (Å²) in [5.74, 6) is 0. The highest BCUT2D eigenvalue weighted by Gasteiger charge is 2.30. The predicted molar refractivity (Wildman–Crippen MR) is 64.7 cm³/mol. The zero-order valence-corrected chi connectivity index (χ0v) is 12.1. The van der Waals surface area contributed by atoms with Crippen molar-refractivity contribution in [2.45, 2.75) is 38.1 Å². The Morgan fingerprint density at radius 2 is 2.00 bits per heavy atom. The molecule has 0 spiro atoms. The molecule has 1 amide bonds. The van der Waals surface area contributed by atoms with Crippen LogP contribution in [0.3, 0.4) is 0 Å². The molecule has 0 fully saturated rings. The minimum atomic E-state index is -3.91. The summed E-state index contributed by atoms with van der Waals surface area (Å²) < 4.78 is 31.5. The van der Waals surface area contributed by atoms with E-state index in [9.17, 15) is 13.2 Å². The van der Waals surface area contributed by atoms with Gasteiger partial charge in [0.05, 0.1) is 6.61 Å². The molecule has 0 aliphatic rings. The van der Waals surface area contributed by atoms with Crippen LogP contribution < -0.4 is 9.44 Å². The average Bonchev–Trinajstić information content (AvgIpc) is 1.99. The number of nitrogens with one attached hydrogen (secondary N) is 2. The van der Waals surface area contributed by atoms with E-state index in [1.807, 2.05) is 0 Å². The van der Waals surface area contributed by atoms with Crippen LogP contribution >= 0.6 is 15.9 Å². The molecule has 0 rings (SSSR count). The van der Waals surface area contributed by atoms with Gasteiger partial charge in [-0.3, -0.25) is 0 Å². The molecule has 96 valence electrons. The molecule has 1 atom stereocenters. The first-order valence-corrected chi connectivity index (χ1v) is 7.13. The second kappa shape index (κ2) is 5.83. The van der Waals surface area contributed by atoms with Gasteiger partial charge in [0.1, 0.15) is 0 Å². The molecule has 0 aromatic rings. The van der Waals surface area contributed by atoms with E-state index < -0.39 is 21.8 Å². The van der Waals surface area contributed by atoms with Crippen LogP contribution in [-0.4, -0.2) is 31.5 Å². The molecule has 0 aromatic heterocycles. The second-order valence-electron chi connectivity index (χ2n) is 3.77. The van der Waals surface area contributed by atoms with Gasteiger partial charge in [-0.25, -0.2) is 9.52 Å². The first kappa shape index (κ1) is 15.7. The van der Waals surface area contributed by atoms with E-state index in [-0.39, 0.29) is 11.4 Å². The maximum absolute atomic E-state index is 11.5. The summed E-state index contributed by atoms with van der Waals surface area (Å²) in [7, 11) is -3.91. The first-order valence-electron chi connectivity index (χ1n) is 4.73. The van der Waals surface area contributed by atoms with E-state index in [2.05, 4.69) is 25.4 Å². The topological polar surface area (TPSA) is 84.5 Å². The van der Waals surface area contributed by atoms with Gasteiger partial charge < -0.3 is 4.74 Å². The lowest BCUT2D eigenvalue weighted by Crippen LogP contribution is -2.53. The zero-order chi connectivity index (χ0) is 13.0. The SMILES string of the molecule is CCOC(=O)NS(=O)(=O)NC(C)(C)C(C)Br. The Labute approximate surface area is 104 Å². The van der Waals surface area contributed by atoms with Gasteiger partial charge in [-0.1, -0.05) is 22.9 Å². The van der Waals surface area contributed by atoms with Gasteiger partial charge in [0.15, 0.2) is 0 Å². The molecular formula is C8H17BrN2O4S. The Balaban J connectivity index is 4.53. The van der Waals surface area contributed by atoms with Gasteiger partial charge in [0.2, 0.25) is 0 Å². The lowest BCUT2D eigenvalue weighted by molar-refractivity contribution is 0.158. The maximum atomic E-state index is 11.5. The summed E-state index contributed by atoms with van der Waals surface area (Å²) in [5.41, 5.74) is -0.724. The number of carbonyl (C=O) groups is 1. The van der Waals surface area contributed by atoms with Gasteiger partial charge in [0.25, 0.3) is 0 Å². The fourth-order valence-electron chi connectivity index (χ4n) is 0.723. The molecule has 2 N–H and O–H groups in total. The summed E-state index contributed by atoms with van der Waals surface area (Å²) in [6, 6.07) is 0. The number of hydrogen-bond acceptors (Lipinski definition) is 4. The lowest BCUT2D eigenvalue weighted by atomic mass is 10.0. The standard InChI is InChI=1S/C8H17BrN2O4S/c1-5-15-7(12)10-16(13,14)11-8(3,4)6(2)9/h6,11H,5H2,1-4H3,(H,10,12). The van der Waals surface area contributed by atoms with Crippen LogP contribution in [0.1, 0.15) is 27.7 Å². The molecule has 0 aliphatic heterocycles. The lowest BCUT2D eigenvalue weighted by Gasteiger charge is -2.28. The Kier molecular flexibility index (Phi) is 5.71. The van der Waals surface area contributed by atoms with Crippen LogP contribution in [0, 0.1) is 0 Å². The number of hydrogen-bond donors (Lipinski definition) is 2. The largest absolute Gasteiger partial charge is 0.449 e. The van der Waals surface area contributed by atoms with Crippen LogP contribution in [-0.2, 0) is 14.9 Å². The molecule has 1 unspecified atom stereocenters. The van der Waals surface area contributed by atoms with E-state index in [1.165, 1.54) is 0 Å². The third-order valence-electron chi connectivity index (χ3n) is 1.89. The number of rotatable bonds is 5. The van der Waals surface area contributed by atoms with Gasteiger partial charge in [-0.05, 0) is 20.8 Å². The highest BCUT2D eigenvalue weighted by atomic mass is 79.9. The van der Waals surface area contributed by atoms with Crippen molar-refractivity contribution in [3.8, 4) is 0 Å². The van der Waals surface area contributed by atoms with Crippen molar-refractivity contribution >= 4 is 32.2 Å². The number of alkyl halides is 1. The highest BCUT2D eigenvalue weighted by Crippen LogP contribution is 2.17. The number of amides is 1. The van der Waals surface area contributed by atoms with Gasteiger partial charge >= 0.3 is 16.3 Å². The van der Waals surface area contributed by atoms with Crippen LogP contribution in [0.25, 0.3) is 0 Å². The zero-order valence-electron chi connectivity index (χ0n) is 9.70. The Morgan fingerprint density at radius 1 is 1.50 bits per heavy atom. The second-order valence-corrected chi connectivity index (χ2v) is 6.55. The molecule has 0 radical (unpaired) electrons. The molecule has 0 saturated heterocycles.